The number of rotatable bonds is 11. The number of hydrogen-bond acceptors (Lipinski definition) is 4. The Kier molecular flexibility index (Phi) is 8.57. The Morgan fingerprint density at radius 3 is 2.00 bits per heavy atom. The van der Waals surface area contributed by atoms with Crippen LogP contribution < -0.4 is 0 Å². The maximum absolute atomic E-state index is 5.68. The molecule has 0 saturated heterocycles. The molecule has 0 fully saturated rings. The van der Waals surface area contributed by atoms with Crippen LogP contribution in [-0.4, -0.2) is 59.2 Å². The van der Waals surface area contributed by atoms with Crippen molar-refractivity contribution in [1.29, 1.82) is 0 Å². The lowest BCUT2D eigenvalue weighted by atomic mass is 10.2. The third kappa shape index (κ3) is 8.19. The zero-order valence-corrected chi connectivity index (χ0v) is 14.2. The molecule has 0 N–H and O–H groups in total. The topological polar surface area (TPSA) is 39.5 Å². The highest BCUT2D eigenvalue weighted by molar-refractivity contribution is 4.79. The monoisotopic (exact) mass is 297 g/mol. The minimum absolute atomic E-state index is 0.278. The lowest BCUT2D eigenvalue weighted by Gasteiger charge is -2.29. The fourth-order valence-electron chi connectivity index (χ4n) is 2.16. The first kappa shape index (κ1) is 18.1. The fourth-order valence-corrected chi connectivity index (χ4v) is 2.16. The Morgan fingerprint density at radius 2 is 1.57 bits per heavy atom. The van der Waals surface area contributed by atoms with Gasteiger partial charge in [0.2, 0.25) is 0 Å². The first-order chi connectivity index (χ1) is 9.99. The van der Waals surface area contributed by atoms with E-state index in [-0.39, 0.29) is 12.2 Å². The summed E-state index contributed by atoms with van der Waals surface area (Å²) in [6.07, 6.45) is 4.38. The summed E-state index contributed by atoms with van der Waals surface area (Å²) in [4.78, 5) is 2.41. The molecule has 1 atom stereocenters. The van der Waals surface area contributed by atoms with Crippen LogP contribution in [0.25, 0.3) is 0 Å². The summed E-state index contributed by atoms with van der Waals surface area (Å²) in [6.45, 7) is 14.7. The van der Waals surface area contributed by atoms with Crippen molar-refractivity contribution in [2.45, 2.75) is 59.4 Å². The third-order valence-electron chi connectivity index (χ3n) is 3.29. The lowest BCUT2D eigenvalue weighted by Crippen LogP contribution is -2.41. The Labute approximate surface area is 129 Å². The standard InChI is InChI=1S/C16H31N3O2/c1-14(2)20-11-9-18(10-12-21-15(3)4)16(5)13-19-8-6-7-17-19/h6-8,14-16H,9-13H2,1-5H3. The van der Waals surface area contributed by atoms with Gasteiger partial charge in [-0.3, -0.25) is 9.58 Å². The van der Waals surface area contributed by atoms with E-state index in [1.54, 1.807) is 0 Å². The fraction of sp³-hybridized carbons (Fsp3) is 0.812. The van der Waals surface area contributed by atoms with E-state index >= 15 is 0 Å². The van der Waals surface area contributed by atoms with E-state index in [2.05, 4.69) is 44.6 Å². The molecule has 0 saturated carbocycles. The van der Waals surface area contributed by atoms with Gasteiger partial charge in [0.05, 0.1) is 32.0 Å². The quantitative estimate of drug-likeness (QED) is 0.629. The summed E-state index contributed by atoms with van der Waals surface area (Å²) >= 11 is 0. The second kappa shape index (κ2) is 9.92. The van der Waals surface area contributed by atoms with Crippen molar-refractivity contribution in [2.24, 2.45) is 0 Å². The van der Waals surface area contributed by atoms with Gasteiger partial charge in [-0.05, 0) is 40.7 Å². The highest BCUT2D eigenvalue weighted by Crippen LogP contribution is 2.04. The molecule has 21 heavy (non-hydrogen) atoms. The number of nitrogens with zero attached hydrogens (tertiary/aromatic N) is 3. The first-order valence-electron chi connectivity index (χ1n) is 7.93. The summed E-state index contributed by atoms with van der Waals surface area (Å²) in [5.74, 6) is 0. The molecule has 1 heterocycles. The van der Waals surface area contributed by atoms with Crippen LogP contribution in [0.4, 0.5) is 0 Å². The average Bonchev–Trinajstić information content (AvgIpc) is 2.89. The van der Waals surface area contributed by atoms with Gasteiger partial charge in [-0.25, -0.2) is 0 Å². The molecule has 1 unspecified atom stereocenters. The van der Waals surface area contributed by atoms with Crippen molar-refractivity contribution in [2.75, 3.05) is 26.3 Å². The van der Waals surface area contributed by atoms with E-state index in [1.807, 2.05) is 23.1 Å². The van der Waals surface area contributed by atoms with Crippen LogP contribution in [0.3, 0.4) is 0 Å². The summed E-state index contributed by atoms with van der Waals surface area (Å²) in [5.41, 5.74) is 0. The zero-order chi connectivity index (χ0) is 15.7. The van der Waals surface area contributed by atoms with Gasteiger partial charge in [0.1, 0.15) is 0 Å². The second-order valence-corrected chi connectivity index (χ2v) is 5.95. The van der Waals surface area contributed by atoms with Gasteiger partial charge < -0.3 is 9.47 Å². The SMILES string of the molecule is CC(C)OCCN(CCOC(C)C)C(C)Cn1cccn1. The van der Waals surface area contributed by atoms with Gasteiger partial charge in [-0.2, -0.15) is 5.10 Å². The number of ether oxygens (including phenoxy) is 2. The highest BCUT2D eigenvalue weighted by atomic mass is 16.5. The molecule has 0 amide bonds. The minimum atomic E-state index is 0.278. The summed E-state index contributed by atoms with van der Waals surface area (Å²) in [5, 5.41) is 4.28. The van der Waals surface area contributed by atoms with Crippen LogP contribution in [-0.2, 0) is 16.0 Å². The van der Waals surface area contributed by atoms with Crippen molar-refractivity contribution in [3.63, 3.8) is 0 Å². The average molecular weight is 297 g/mol. The molecular weight excluding hydrogens is 266 g/mol. The van der Waals surface area contributed by atoms with E-state index in [9.17, 15) is 0 Å². The van der Waals surface area contributed by atoms with Crippen LogP contribution in [0, 0.1) is 0 Å². The minimum Gasteiger partial charge on any atom is -0.377 e. The molecule has 1 rings (SSSR count). The van der Waals surface area contributed by atoms with E-state index in [1.165, 1.54) is 0 Å². The molecule has 0 radical (unpaired) electrons. The van der Waals surface area contributed by atoms with E-state index in [0.29, 0.717) is 6.04 Å². The molecule has 5 heteroatoms. The van der Waals surface area contributed by atoms with Crippen molar-refractivity contribution >= 4 is 0 Å². The molecule has 0 aliphatic rings. The van der Waals surface area contributed by atoms with Gasteiger partial charge in [-0.1, -0.05) is 0 Å². The van der Waals surface area contributed by atoms with Crippen LogP contribution >= 0.6 is 0 Å². The predicted molar refractivity (Wildman–Crippen MR) is 85.4 cm³/mol. The Morgan fingerprint density at radius 1 is 1.00 bits per heavy atom. The van der Waals surface area contributed by atoms with Gasteiger partial charge in [-0.15, -0.1) is 0 Å². The van der Waals surface area contributed by atoms with Crippen molar-refractivity contribution in [3.8, 4) is 0 Å². The molecule has 0 bridgehead atoms. The Balaban J connectivity index is 2.44. The maximum Gasteiger partial charge on any atom is 0.0597 e. The summed E-state index contributed by atoms with van der Waals surface area (Å²) < 4.78 is 13.3. The first-order valence-corrected chi connectivity index (χ1v) is 7.93. The second-order valence-electron chi connectivity index (χ2n) is 5.95. The van der Waals surface area contributed by atoms with Crippen LogP contribution in [0.5, 0.6) is 0 Å². The molecule has 0 aliphatic carbocycles. The van der Waals surface area contributed by atoms with Crippen molar-refractivity contribution < 1.29 is 9.47 Å². The van der Waals surface area contributed by atoms with E-state index in [0.717, 1.165) is 32.8 Å². The van der Waals surface area contributed by atoms with Crippen LogP contribution in [0.15, 0.2) is 18.5 Å². The van der Waals surface area contributed by atoms with Gasteiger partial charge in [0, 0.05) is 31.5 Å². The van der Waals surface area contributed by atoms with Crippen LogP contribution in [0.2, 0.25) is 0 Å². The van der Waals surface area contributed by atoms with Crippen molar-refractivity contribution in [1.82, 2.24) is 14.7 Å². The largest absolute Gasteiger partial charge is 0.377 e. The maximum atomic E-state index is 5.68. The molecular formula is C16H31N3O2. The molecule has 1 aromatic heterocycles. The molecule has 5 nitrogen and oxygen atoms in total. The highest BCUT2D eigenvalue weighted by Gasteiger charge is 2.15. The molecule has 0 spiro atoms. The van der Waals surface area contributed by atoms with E-state index < -0.39 is 0 Å². The molecule has 122 valence electrons. The lowest BCUT2D eigenvalue weighted by molar-refractivity contribution is 0.0215. The van der Waals surface area contributed by atoms with Gasteiger partial charge >= 0.3 is 0 Å². The Bertz CT molecular complexity index is 338. The van der Waals surface area contributed by atoms with Gasteiger partial charge in [0.15, 0.2) is 0 Å². The summed E-state index contributed by atoms with van der Waals surface area (Å²) in [7, 11) is 0. The molecule has 0 aliphatic heterocycles. The van der Waals surface area contributed by atoms with E-state index in [4.69, 9.17) is 9.47 Å². The number of aromatic nitrogens is 2. The van der Waals surface area contributed by atoms with Crippen molar-refractivity contribution in [3.05, 3.63) is 18.5 Å². The zero-order valence-electron chi connectivity index (χ0n) is 14.2. The Hall–Kier alpha value is -0.910. The normalized spacial score (nSPS) is 13.5. The molecule has 0 aromatic carbocycles. The third-order valence-corrected chi connectivity index (χ3v) is 3.29. The summed E-state index contributed by atoms with van der Waals surface area (Å²) in [6, 6.07) is 2.36. The number of hydrogen-bond donors (Lipinski definition) is 0. The smallest absolute Gasteiger partial charge is 0.0597 e. The predicted octanol–water partition coefficient (Wildman–Crippen LogP) is 2.42. The van der Waals surface area contributed by atoms with Gasteiger partial charge in [0.25, 0.3) is 0 Å². The van der Waals surface area contributed by atoms with Crippen LogP contribution in [0.1, 0.15) is 34.6 Å². The molecule has 1 aromatic rings.